The normalized spacial score (nSPS) is 11.2. The first-order chi connectivity index (χ1) is 8.40. The average molecular weight is 312 g/mol. The highest BCUT2D eigenvalue weighted by molar-refractivity contribution is 9.10. The van der Waals surface area contributed by atoms with E-state index in [1.165, 1.54) is 18.2 Å². The maximum atomic E-state index is 13.3. The third-order valence-electron chi connectivity index (χ3n) is 2.67. The number of carboxylic acid groups (broad SMARTS) is 1. The molecule has 0 unspecified atom stereocenters. The van der Waals surface area contributed by atoms with Crippen molar-refractivity contribution >= 4 is 32.8 Å². The van der Waals surface area contributed by atoms with Crippen LogP contribution in [0.5, 0.6) is 0 Å². The van der Waals surface area contributed by atoms with Crippen molar-refractivity contribution in [2.24, 2.45) is 0 Å². The van der Waals surface area contributed by atoms with Gasteiger partial charge in [-0.2, -0.15) is 0 Å². The van der Waals surface area contributed by atoms with Crippen LogP contribution < -0.4 is 0 Å². The molecule has 1 aromatic carbocycles. The predicted molar refractivity (Wildman–Crippen MR) is 70.4 cm³/mol. The van der Waals surface area contributed by atoms with Gasteiger partial charge in [0.1, 0.15) is 5.82 Å². The molecule has 5 heteroatoms. The Kier molecular flexibility index (Phi) is 3.34. The Hall–Kier alpha value is -1.49. The Balaban J connectivity index is 2.90. The number of nitrogens with zero attached hydrogens (tertiary/aromatic N) is 1. The SMILES string of the molecule is CC(C)c1cc(C(=O)O)c2cc(F)cc(Br)c2n1. The predicted octanol–water partition coefficient (Wildman–Crippen LogP) is 3.96. The molecule has 0 aliphatic carbocycles. The van der Waals surface area contributed by atoms with Gasteiger partial charge in [-0.25, -0.2) is 9.18 Å². The van der Waals surface area contributed by atoms with Crippen LogP contribution in [0, 0.1) is 5.82 Å². The summed E-state index contributed by atoms with van der Waals surface area (Å²) in [6, 6.07) is 3.98. The molecule has 0 atom stereocenters. The Morgan fingerprint density at radius 3 is 2.61 bits per heavy atom. The minimum atomic E-state index is -1.08. The summed E-state index contributed by atoms with van der Waals surface area (Å²) in [6.45, 7) is 3.86. The molecule has 2 aromatic rings. The van der Waals surface area contributed by atoms with Gasteiger partial charge in [0.15, 0.2) is 0 Å². The molecule has 0 saturated carbocycles. The lowest BCUT2D eigenvalue weighted by atomic mass is 10.0. The van der Waals surface area contributed by atoms with Gasteiger partial charge in [-0.15, -0.1) is 0 Å². The number of benzene rings is 1. The van der Waals surface area contributed by atoms with E-state index in [0.29, 0.717) is 21.1 Å². The molecule has 2 rings (SSSR count). The summed E-state index contributed by atoms with van der Waals surface area (Å²) in [5.74, 6) is -1.47. The maximum absolute atomic E-state index is 13.3. The van der Waals surface area contributed by atoms with E-state index in [1.807, 2.05) is 13.8 Å². The molecule has 18 heavy (non-hydrogen) atoms. The lowest BCUT2D eigenvalue weighted by Gasteiger charge is -2.10. The fraction of sp³-hybridized carbons (Fsp3) is 0.231. The van der Waals surface area contributed by atoms with E-state index < -0.39 is 11.8 Å². The highest BCUT2D eigenvalue weighted by Crippen LogP contribution is 2.29. The fourth-order valence-corrected chi connectivity index (χ4v) is 2.27. The molecular formula is C13H11BrFNO2. The van der Waals surface area contributed by atoms with Crippen molar-refractivity contribution in [3.05, 3.63) is 39.7 Å². The van der Waals surface area contributed by atoms with Gasteiger partial charge in [-0.05, 0) is 40.0 Å². The van der Waals surface area contributed by atoms with Gasteiger partial charge in [0, 0.05) is 15.6 Å². The van der Waals surface area contributed by atoms with Gasteiger partial charge in [0.2, 0.25) is 0 Å². The highest BCUT2D eigenvalue weighted by Gasteiger charge is 2.16. The lowest BCUT2D eigenvalue weighted by molar-refractivity contribution is 0.0699. The quantitative estimate of drug-likeness (QED) is 0.913. The molecule has 1 aromatic heterocycles. The van der Waals surface area contributed by atoms with E-state index in [2.05, 4.69) is 20.9 Å². The van der Waals surface area contributed by atoms with Crippen LogP contribution >= 0.6 is 15.9 Å². The summed E-state index contributed by atoms with van der Waals surface area (Å²) in [6.07, 6.45) is 0. The van der Waals surface area contributed by atoms with Crippen LogP contribution in [-0.4, -0.2) is 16.1 Å². The Labute approximate surface area is 112 Å². The first-order valence-corrected chi connectivity index (χ1v) is 6.22. The molecule has 0 spiro atoms. The lowest BCUT2D eigenvalue weighted by Crippen LogP contribution is -2.03. The second kappa shape index (κ2) is 4.65. The summed E-state index contributed by atoms with van der Waals surface area (Å²) in [5, 5.41) is 9.51. The molecule has 0 aliphatic heterocycles. The van der Waals surface area contributed by atoms with Gasteiger partial charge in [-0.3, -0.25) is 4.98 Å². The van der Waals surface area contributed by atoms with Crippen LogP contribution in [0.1, 0.15) is 35.8 Å². The van der Waals surface area contributed by atoms with E-state index >= 15 is 0 Å². The van der Waals surface area contributed by atoms with Crippen molar-refractivity contribution in [3.63, 3.8) is 0 Å². The zero-order chi connectivity index (χ0) is 13.4. The van der Waals surface area contributed by atoms with Crippen LogP contribution in [0.25, 0.3) is 10.9 Å². The molecule has 0 saturated heterocycles. The van der Waals surface area contributed by atoms with Crippen molar-refractivity contribution in [3.8, 4) is 0 Å². The molecule has 0 aliphatic rings. The van der Waals surface area contributed by atoms with Crippen molar-refractivity contribution in [2.45, 2.75) is 19.8 Å². The van der Waals surface area contributed by atoms with Gasteiger partial charge in [-0.1, -0.05) is 13.8 Å². The van der Waals surface area contributed by atoms with Crippen LogP contribution in [-0.2, 0) is 0 Å². The molecule has 0 fully saturated rings. The van der Waals surface area contributed by atoms with Crippen molar-refractivity contribution in [2.75, 3.05) is 0 Å². The molecule has 1 N–H and O–H groups in total. The van der Waals surface area contributed by atoms with Crippen LogP contribution in [0.15, 0.2) is 22.7 Å². The summed E-state index contributed by atoms with van der Waals surface area (Å²) < 4.78 is 13.8. The number of hydrogen-bond acceptors (Lipinski definition) is 2. The van der Waals surface area contributed by atoms with E-state index in [9.17, 15) is 14.3 Å². The summed E-state index contributed by atoms with van der Waals surface area (Å²) >= 11 is 3.22. The van der Waals surface area contributed by atoms with Crippen LogP contribution in [0.4, 0.5) is 4.39 Å². The molecule has 3 nitrogen and oxygen atoms in total. The second-order valence-corrected chi connectivity index (χ2v) is 5.19. The average Bonchev–Trinajstić information content (AvgIpc) is 2.27. The number of aromatic carboxylic acids is 1. The number of rotatable bonds is 2. The number of halogens is 2. The van der Waals surface area contributed by atoms with Crippen LogP contribution in [0.3, 0.4) is 0 Å². The second-order valence-electron chi connectivity index (χ2n) is 4.34. The molecule has 94 valence electrons. The Bertz CT molecular complexity index is 640. The first kappa shape index (κ1) is 13.0. The largest absolute Gasteiger partial charge is 0.478 e. The van der Waals surface area contributed by atoms with E-state index in [4.69, 9.17) is 0 Å². The first-order valence-electron chi connectivity index (χ1n) is 5.43. The minimum absolute atomic E-state index is 0.0731. The number of carbonyl (C=O) groups is 1. The fourth-order valence-electron chi connectivity index (χ4n) is 1.74. The number of pyridine rings is 1. The molecule has 0 radical (unpaired) electrons. The minimum Gasteiger partial charge on any atom is -0.478 e. The number of hydrogen-bond donors (Lipinski definition) is 1. The molecular weight excluding hydrogens is 301 g/mol. The third-order valence-corrected chi connectivity index (χ3v) is 3.28. The highest BCUT2D eigenvalue weighted by atomic mass is 79.9. The smallest absolute Gasteiger partial charge is 0.336 e. The van der Waals surface area contributed by atoms with E-state index in [1.54, 1.807) is 0 Å². The third kappa shape index (κ3) is 2.22. The molecule has 0 amide bonds. The van der Waals surface area contributed by atoms with Crippen molar-refractivity contribution in [1.29, 1.82) is 0 Å². The zero-order valence-corrected chi connectivity index (χ0v) is 11.5. The van der Waals surface area contributed by atoms with Gasteiger partial charge in [0.25, 0.3) is 0 Å². The Morgan fingerprint density at radius 1 is 1.39 bits per heavy atom. The summed E-state index contributed by atoms with van der Waals surface area (Å²) in [5.41, 5.74) is 1.22. The van der Waals surface area contributed by atoms with E-state index in [0.717, 1.165) is 0 Å². The zero-order valence-electron chi connectivity index (χ0n) is 9.87. The standard InChI is InChI=1S/C13H11BrFNO2/c1-6(2)11-5-9(13(17)18)8-3-7(15)4-10(14)12(8)16-11/h3-6H,1-2H3,(H,17,18). The number of carboxylic acids is 1. The van der Waals surface area contributed by atoms with Gasteiger partial charge >= 0.3 is 5.97 Å². The number of aromatic nitrogens is 1. The summed E-state index contributed by atoms with van der Waals surface area (Å²) in [4.78, 5) is 15.6. The van der Waals surface area contributed by atoms with Crippen molar-refractivity contribution < 1.29 is 14.3 Å². The maximum Gasteiger partial charge on any atom is 0.336 e. The number of fused-ring (bicyclic) bond motifs is 1. The summed E-state index contributed by atoms with van der Waals surface area (Å²) in [7, 11) is 0. The van der Waals surface area contributed by atoms with Crippen LogP contribution in [0.2, 0.25) is 0 Å². The Morgan fingerprint density at radius 2 is 2.06 bits per heavy atom. The monoisotopic (exact) mass is 311 g/mol. The van der Waals surface area contributed by atoms with E-state index in [-0.39, 0.29) is 11.5 Å². The van der Waals surface area contributed by atoms with Crippen molar-refractivity contribution in [1.82, 2.24) is 4.98 Å². The molecule has 1 heterocycles. The van der Waals surface area contributed by atoms with Gasteiger partial charge < -0.3 is 5.11 Å². The van der Waals surface area contributed by atoms with Gasteiger partial charge in [0.05, 0.1) is 11.1 Å². The molecule has 0 bridgehead atoms. The topological polar surface area (TPSA) is 50.2 Å².